The third kappa shape index (κ3) is 4.34. The molecule has 1 fully saturated rings. The Kier molecular flexibility index (Phi) is 4.70. The van der Waals surface area contributed by atoms with Gasteiger partial charge in [0.1, 0.15) is 11.0 Å². The first kappa shape index (κ1) is 16.0. The second-order valence-electron chi connectivity index (χ2n) is 5.41. The molecule has 0 spiro atoms. The SMILES string of the molecule is FC(F)(F)c1cnc(NCc2ccnc(OC3CCCC3)c2)s1. The molecule has 1 aliphatic carbocycles. The molecular weight excluding hydrogens is 327 g/mol. The third-order valence-corrected chi connectivity index (χ3v) is 4.62. The zero-order valence-corrected chi connectivity index (χ0v) is 13.1. The van der Waals surface area contributed by atoms with Crippen molar-refractivity contribution in [1.29, 1.82) is 0 Å². The predicted molar refractivity (Wildman–Crippen MR) is 81.6 cm³/mol. The summed E-state index contributed by atoms with van der Waals surface area (Å²) in [5.41, 5.74) is 0.886. The van der Waals surface area contributed by atoms with E-state index in [2.05, 4.69) is 15.3 Å². The molecule has 0 unspecified atom stereocenters. The summed E-state index contributed by atoms with van der Waals surface area (Å²) in [4.78, 5) is 7.22. The largest absolute Gasteiger partial charge is 0.474 e. The number of halogens is 3. The summed E-state index contributed by atoms with van der Waals surface area (Å²) in [5.74, 6) is 0.561. The first-order valence-corrected chi connectivity index (χ1v) is 8.21. The van der Waals surface area contributed by atoms with Crippen molar-refractivity contribution in [3.8, 4) is 5.88 Å². The van der Waals surface area contributed by atoms with Gasteiger partial charge in [-0.3, -0.25) is 0 Å². The Hall–Kier alpha value is -1.83. The van der Waals surface area contributed by atoms with Gasteiger partial charge < -0.3 is 10.1 Å². The number of pyridine rings is 1. The molecule has 4 nitrogen and oxygen atoms in total. The topological polar surface area (TPSA) is 47.0 Å². The number of alkyl halides is 3. The Morgan fingerprint density at radius 1 is 1.26 bits per heavy atom. The number of aromatic nitrogens is 2. The molecule has 23 heavy (non-hydrogen) atoms. The summed E-state index contributed by atoms with van der Waals surface area (Å²) in [6.07, 6.45) is 2.80. The summed E-state index contributed by atoms with van der Waals surface area (Å²) in [6.45, 7) is 0.369. The van der Waals surface area contributed by atoms with E-state index in [1.54, 1.807) is 12.3 Å². The highest BCUT2D eigenvalue weighted by Gasteiger charge is 2.33. The van der Waals surface area contributed by atoms with Gasteiger partial charge in [0.05, 0.1) is 6.20 Å². The molecule has 0 aliphatic heterocycles. The van der Waals surface area contributed by atoms with Gasteiger partial charge >= 0.3 is 6.18 Å². The molecular formula is C15H16F3N3OS. The minimum absolute atomic E-state index is 0.221. The van der Waals surface area contributed by atoms with Crippen LogP contribution < -0.4 is 10.1 Å². The van der Waals surface area contributed by atoms with E-state index in [1.165, 1.54) is 12.8 Å². The highest BCUT2D eigenvalue weighted by molar-refractivity contribution is 7.15. The average molecular weight is 343 g/mol. The number of hydrogen-bond acceptors (Lipinski definition) is 5. The van der Waals surface area contributed by atoms with Gasteiger partial charge in [-0.15, -0.1) is 0 Å². The highest BCUT2D eigenvalue weighted by Crippen LogP contribution is 2.35. The van der Waals surface area contributed by atoms with Crippen LogP contribution in [-0.2, 0) is 12.7 Å². The van der Waals surface area contributed by atoms with Crippen molar-refractivity contribution >= 4 is 16.5 Å². The smallest absolute Gasteiger partial charge is 0.427 e. The molecule has 2 heterocycles. The zero-order valence-electron chi connectivity index (χ0n) is 12.3. The van der Waals surface area contributed by atoms with E-state index in [0.717, 1.165) is 24.6 Å². The summed E-state index contributed by atoms with van der Waals surface area (Å²) < 4.78 is 43.4. The summed E-state index contributed by atoms with van der Waals surface area (Å²) in [7, 11) is 0. The van der Waals surface area contributed by atoms with Gasteiger partial charge in [0, 0.05) is 18.8 Å². The lowest BCUT2D eigenvalue weighted by Gasteiger charge is -2.12. The van der Waals surface area contributed by atoms with Crippen LogP contribution in [0.4, 0.5) is 18.3 Å². The van der Waals surface area contributed by atoms with Crippen LogP contribution in [0, 0.1) is 0 Å². The number of nitrogens with one attached hydrogen (secondary N) is 1. The van der Waals surface area contributed by atoms with Crippen LogP contribution in [0.25, 0.3) is 0 Å². The average Bonchev–Trinajstić information content (AvgIpc) is 3.16. The monoisotopic (exact) mass is 343 g/mol. The van der Waals surface area contributed by atoms with Crippen LogP contribution in [0.1, 0.15) is 36.1 Å². The Morgan fingerprint density at radius 2 is 2.04 bits per heavy atom. The van der Waals surface area contributed by atoms with Crippen molar-refractivity contribution in [2.24, 2.45) is 0 Å². The Morgan fingerprint density at radius 3 is 2.74 bits per heavy atom. The quantitative estimate of drug-likeness (QED) is 0.869. The first-order valence-electron chi connectivity index (χ1n) is 7.39. The van der Waals surface area contributed by atoms with Gasteiger partial charge in [0.15, 0.2) is 5.13 Å². The van der Waals surface area contributed by atoms with Crippen LogP contribution in [0.2, 0.25) is 0 Å². The Balaban J connectivity index is 1.58. The molecule has 1 N–H and O–H groups in total. The number of anilines is 1. The lowest BCUT2D eigenvalue weighted by Crippen LogP contribution is -2.12. The van der Waals surface area contributed by atoms with Crippen molar-refractivity contribution < 1.29 is 17.9 Å². The van der Waals surface area contributed by atoms with Gasteiger partial charge in [0.2, 0.25) is 5.88 Å². The standard InChI is InChI=1S/C15H16F3N3OS/c16-15(17,18)12-9-21-14(23-12)20-8-10-5-6-19-13(7-10)22-11-3-1-2-4-11/h5-7,9,11H,1-4,8H2,(H,20,21). The second-order valence-corrected chi connectivity index (χ2v) is 6.44. The van der Waals surface area contributed by atoms with Gasteiger partial charge in [-0.05, 0) is 37.3 Å². The highest BCUT2D eigenvalue weighted by atomic mass is 32.1. The van der Waals surface area contributed by atoms with E-state index in [4.69, 9.17) is 4.74 Å². The maximum absolute atomic E-state index is 12.5. The molecule has 0 atom stereocenters. The van der Waals surface area contributed by atoms with Crippen LogP contribution in [0.3, 0.4) is 0 Å². The van der Waals surface area contributed by atoms with E-state index in [0.29, 0.717) is 23.8 Å². The molecule has 8 heteroatoms. The fourth-order valence-corrected chi connectivity index (χ4v) is 3.15. The van der Waals surface area contributed by atoms with E-state index < -0.39 is 11.1 Å². The molecule has 0 bridgehead atoms. The normalized spacial score (nSPS) is 15.8. The molecule has 124 valence electrons. The number of hydrogen-bond donors (Lipinski definition) is 1. The lowest BCUT2D eigenvalue weighted by atomic mass is 10.2. The minimum atomic E-state index is -4.35. The molecule has 2 aromatic rings. The summed E-state index contributed by atoms with van der Waals surface area (Å²) in [6, 6.07) is 3.61. The molecule has 0 amide bonds. The molecule has 0 aromatic carbocycles. The lowest BCUT2D eigenvalue weighted by molar-refractivity contribution is -0.134. The van der Waals surface area contributed by atoms with Crippen LogP contribution in [-0.4, -0.2) is 16.1 Å². The Labute approximate surface area is 135 Å². The van der Waals surface area contributed by atoms with E-state index in [-0.39, 0.29) is 11.2 Å². The fourth-order valence-electron chi connectivity index (χ4n) is 2.47. The number of nitrogens with zero attached hydrogens (tertiary/aromatic N) is 2. The van der Waals surface area contributed by atoms with Crippen molar-refractivity contribution in [3.63, 3.8) is 0 Å². The number of ether oxygens (including phenoxy) is 1. The van der Waals surface area contributed by atoms with Crippen LogP contribution in [0.5, 0.6) is 5.88 Å². The predicted octanol–water partition coefficient (Wildman–Crippen LogP) is 4.49. The first-order chi connectivity index (χ1) is 11.0. The van der Waals surface area contributed by atoms with E-state index in [1.807, 2.05) is 6.07 Å². The molecule has 2 aromatic heterocycles. The van der Waals surface area contributed by atoms with Gasteiger partial charge in [-0.25, -0.2) is 9.97 Å². The van der Waals surface area contributed by atoms with Crippen molar-refractivity contribution in [2.45, 2.75) is 44.5 Å². The summed E-state index contributed by atoms with van der Waals surface area (Å²) >= 11 is 0.595. The molecule has 0 radical (unpaired) electrons. The second kappa shape index (κ2) is 6.74. The molecule has 1 aliphatic rings. The number of thiazole rings is 1. The Bertz CT molecular complexity index is 653. The van der Waals surface area contributed by atoms with Crippen molar-refractivity contribution in [2.75, 3.05) is 5.32 Å². The zero-order chi connectivity index (χ0) is 16.3. The van der Waals surface area contributed by atoms with Crippen molar-refractivity contribution in [3.05, 3.63) is 35.0 Å². The summed E-state index contributed by atoms with van der Waals surface area (Å²) in [5, 5.41) is 3.14. The van der Waals surface area contributed by atoms with Crippen molar-refractivity contribution in [1.82, 2.24) is 9.97 Å². The van der Waals surface area contributed by atoms with Gasteiger partial charge in [-0.1, -0.05) is 11.3 Å². The van der Waals surface area contributed by atoms with E-state index >= 15 is 0 Å². The fraction of sp³-hybridized carbons (Fsp3) is 0.467. The van der Waals surface area contributed by atoms with Crippen LogP contribution >= 0.6 is 11.3 Å². The van der Waals surface area contributed by atoms with Gasteiger partial charge in [0.25, 0.3) is 0 Å². The maximum atomic E-state index is 12.5. The molecule has 1 saturated carbocycles. The molecule has 3 rings (SSSR count). The third-order valence-electron chi connectivity index (χ3n) is 3.62. The maximum Gasteiger partial charge on any atom is 0.427 e. The molecule has 0 saturated heterocycles. The van der Waals surface area contributed by atoms with Gasteiger partial charge in [-0.2, -0.15) is 13.2 Å². The van der Waals surface area contributed by atoms with E-state index in [9.17, 15) is 13.2 Å². The number of rotatable bonds is 5. The minimum Gasteiger partial charge on any atom is -0.474 e. The van der Waals surface area contributed by atoms with Crippen LogP contribution in [0.15, 0.2) is 24.5 Å².